The molecule has 0 rings (SSSR count). The van der Waals surface area contributed by atoms with Crippen molar-refractivity contribution in [1.82, 2.24) is 5.32 Å². The fourth-order valence-electron chi connectivity index (χ4n) is 2.92. The van der Waals surface area contributed by atoms with Crippen molar-refractivity contribution in [3.8, 4) is 0 Å². The molecule has 4 heteroatoms. The van der Waals surface area contributed by atoms with Gasteiger partial charge in [0.2, 0.25) is 5.91 Å². The lowest BCUT2D eigenvalue weighted by Crippen LogP contribution is -2.48. The first-order chi connectivity index (χ1) is 12.8. The Hall–Kier alpha value is -0.870. The van der Waals surface area contributed by atoms with Crippen molar-refractivity contribution in [2.75, 3.05) is 6.61 Å². The van der Waals surface area contributed by atoms with E-state index in [9.17, 15) is 15.0 Å². The number of allylic oxidation sites excluding steroid dienone is 1. The number of nitrogens with one attached hydrogen (secondary N) is 1. The minimum absolute atomic E-state index is 0.167. The minimum atomic E-state index is -0.853. The van der Waals surface area contributed by atoms with E-state index in [1.807, 2.05) is 26.8 Å². The molecule has 0 bridgehead atoms. The topological polar surface area (TPSA) is 69.6 Å². The SMILES string of the molecule is CCCCCCCCCCCCC/C=C/[C@@H](O)[C@H](CO)NC(=O)C(C)(C)C. The molecule has 2 atom stereocenters. The molecule has 160 valence electrons. The fourth-order valence-corrected chi connectivity index (χ4v) is 2.92. The van der Waals surface area contributed by atoms with E-state index in [-0.39, 0.29) is 12.5 Å². The molecule has 0 saturated carbocycles. The minimum Gasteiger partial charge on any atom is -0.394 e. The smallest absolute Gasteiger partial charge is 0.225 e. The highest BCUT2D eigenvalue weighted by Crippen LogP contribution is 2.14. The molecule has 0 spiro atoms. The van der Waals surface area contributed by atoms with E-state index >= 15 is 0 Å². The summed E-state index contributed by atoms with van der Waals surface area (Å²) in [5.74, 6) is -0.167. The predicted molar refractivity (Wildman–Crippen MR) is 115 cm³/mol. The zero-order chi connectivity index (χ0) is 20.5. The summed E-state index contributed by atoms with van der Waals surface area (Å²) >= 11 is 0. The van der Waals surface area contributed by atoms with Crippen LogP contribution in [0, 0.1) is 5.41 Å². The average molecular weight is 384 g/mol. The maximum Gasteiger partial charge on any atom is 0.225 e. The molecule has 3 N–H and O–H groups in total. The van der Waals surface area contributed by atoms with Gasteiger partial charge in [0.15, 0.2) is 0 Å². The molecule has 0 radical (unpaired) electrons. The van der Waals surface area contributed by atoms with Crippen LogP contribution in [0.2, 0.25) is 0 Å². The summed E-state index contributed by atoms with van der Waals surface area (Å²) in [4.78, 5) is 12.0. The van der Waals surface area contributed by atoms with Gasteiger partial charge in [0.05, 0.1) is 18.8 Å². The zero-order valence-corrected chi connectivity index (χ0v) is 18.3. The molecular weight excluding hydrogens is 338 g/mol. The molecular formula is C23H45NO3. The number of carbonyl (C=O) groups is 1. The summed E-state index contributed by atoms with van der Waals surface area (Å²) in [6, 6.07) is -0.648. The van der Waals surface area contributed by atoms with Crippen LogP contribution in [0.1, 0.15) is 105 Å². The quantitative estimate of drug-likeness (QED) is 0.256. The second-order valence-electron chi connectivity index (χ2n) is 8.76. The Kier molecular flexibility index (Phi) is 15.6. The Labute approximate surface area is 167 Å². The van der Waals surface area contributed by atoms with Crippen LogP contribution in [0.25, 0.3) is 0 Å². The molecule has 0 fully saturated rings. The van der Waals surface area contributed by atoms with Gasteiger partial charge in [-0.1, -0.05) is 104 Å². The third kappa shape index (κ3) is 14.8. The number of aliphatic hydroxyl groups excluding tert-OH is 2. The first kappa shape index (κ1) is 26.1. The van der Waals surface area contributed by atoms with Crippen LogP contribution >= 0.6 is 0 Å². The van der Waals surface area contributed by atoms with Crippen molar-refractivity contribution in [3.63, 3.8) is 0 Å². The molecule has 0 aliphatic carbocycles. The van der Waals surface area contributed by atoms with Gasteiger partial charge in [0, 0.05) is 5.41 Å². The number of unbranched alkanes of at least 4 members (excludes halogenated alkanes) is 11. The first-order valence-corrected chi connectivity index (χ1v) is 11.1. The van der Waals surface area contributed by atoms with Crippen LogP contribution in [0.5, 0.6) is 0 Å². The molecule has 1 amide bonds. The number of carbonyl (C=O) groups excluding carboxylic acids is 1. The lowest BCUT2D eigenvalue weighted by Gasteiger charge is -2.25. The molecule has 0 saturated heterocycles. The third-order valence-corrected chi connectivity index (χ3v) is 4.91. The van der Waals surface area contributed by atoms with E-state index in [4.69, 9.17) is 0 Å². The Morgan fingerprint density at radius 1 is 0.926 bits per heavy atom. The van der Waals surface area contributed by atoms with E-state index in [1.165, 1.54) is 64.2 Å². The number of hydrogen-bond donors (Lipinski definition) is 3. The van der Waals surface area contributed by atoms with Crippen LogP contribution in [0.4, 0.5) is 0 Å². The lowest BCUT2D eigenvalue weighted by molar-refractivity contribution is -0.130. The summed E-state index contributed by atoms with van der Waals surface area (Å²) in [5, 5.41) is 22.3. The Morgan fingerprint density at radius 3 is 1.85 bits per heavy atom. The molecule has 0 aliphatic heterocycles. The van der Waals surface area contributed by atoms with Crippen molar-refractivity contribution in [1.29, 1.82) is 0 Å². The maximum atomic E-state index is 12.0. The standard InChI is InChI=1S/C23H45NO3/c1-5-6-7-8-9-10-11-12-13-14-15-16-17-18-21(26)20(19-25)24-22(27)23(2,3)4/h17-18,20-21,25-26H,5-16,19H2,1-4H3,(H,24,27)/b18-17+/t20-,21+/m0/s1. The molecule has 27 heavy (non-hydrogen) atoms. The Morgan fingerprint density at radius 2 is 1.41 bits per heavy atom. The number of hydrogen-bond acceptors (Lipinski definition) is 3. The zero-order valence-electron chi connectivity index (χ0n) is 18.3. The van der Waals surface area contributed by atoms with E-state index in [0.717, 1.165) is 12.8 Å². The second-order valence-corrected chi connectivity index (χ2v) is 8.76. The monoisotopic (exact) mass is 383 g/mol. The van der Waals surface area contributed by atoms with E-state index in [1.54, 1.807) is 6.08 Å². The summed E-state index contributed by atoms with van der Waals surface area (Å²) < 4.78 is 0. The fraction of sp³-hybridized carbons (Fsp3) is 0.870. The Bertz CT molecular complexity index is 388. The molecule has 0 aromatic heterocycles. The maximum absolute atomic E-state index is 12.0. The van der Waals surface area contributed by atoms with E-state index in [2.05, 4.69) is 12.2 Å². The molecule has 0 aliphatic rings. The average Bonchev–Trinajstić information content (AvgIpc) is 2.62. The van der Waals surface area contributed by atoms with Gasteiger partial charge in [-0.05, 0) is 12.8 Å². The number of amides is 1. The largest absolute Gasteiger partial charge is 0.394 e. The van der Waals surface area contributed by atoms with Gasteiger partial charge in [-0.25, -0.2) is 0 Å². The molecule has 4 nitrogen and oxygen atoms in total. The van der Waals surface area contributed by atoms with Crippen molar-refractivity contribution < 1.29 is 15.0 Å². The lowest BCUT2D eigenvalue weighted by atomic mass is 9.95. The van der Waals surface area contributed by atoms with Crippen LogP contribution in [-0.4, -0.2) is 34.9 Å². The summed E-state index contributed by atoms with van der Waals surface area (Å²) in [6.07, 6.45) is 18.3. The summed E-state index contributed by atoms with van der Waals surface area (Å²) in [5.41, 5.74) is -0.535. The number of aliphatic hydroxyl groups is 2. The second kappa shape index (κ2) is 16.1. The molecule has 0 unspecified atom stereocenters. The van der Waals surface area contributed by atoms with Crippen molar-refractivity contribution in [3.05, 3.63) is 12.2 Å². The van der Waals surface area contributed by atoms with E-state index < -0.39 is 17.6 Å². The predicted octanol–water partition coefficient (Wildman–Crippen LogP) is 5.13. The van der Waals surface area contributed by atoms with Gasteiger partial charge in [-0.15, -0.1) is 0 Å². The highest BCUT2D eigenvalue weighted by molar-refractivity contribution is 5.81. The van der Waals surface area contributed by atoms with Gasteiger partial charge < -0.3 is 15.5 Å². The van der Waals surface area contributed by atoms with Gasteiger partial charge in [0.1, 0.15) is 0 Å². The van der Waals surface area contributed by atoms with Crippen molar-refractivity contribution in [2.24, 2.45) is 5.41 Å². The Balaban J connectivity index is 3.72. The van der Waals surface area contributed by atoms with E-state index in [0.29, 0.717) is 0 Å². The van der Waals surface area contributed by atoms with Crippen LogP contribution in [0.15, 0.2) is 12.2 Å². The van der Waals surface area contributed by atoms with Gasteiger partial charge in [-0.3, -0.25) is 4.79 Å². The van der Waals surface area contributed by atoms with Gasteiger partial charge in [0.25, 0.3) is 0 Å². The number of rotatable bonds is 16. The highest BCUT2D eigenvalue weighted by atomic mass is 16.3. The van der Waals surface area contributed by atoms with Gasteiger partial charge >= 0.3 is 0 Å². The van der Waals surface area contributed by atoms with Crippen LogP contribution in [0.3, 0.4) is 0 Å². The highest BCUT2D eigenvalue weighted by Gasteiger charge is 2.26. The van der Waals surface area contributed by atoms with Crippen LogP contribution in [-0.2, 0) is 4.79 Å². The van der Waals surface area contributed by atoms with Crippen molar-refractivity contribution in [2.45, 2.75) is 117 Å². The molecule has 0 aromatic rings. The van der Waals surface area contributed by atoms with Crippen LogP contribution < -0.4 is 5.32 Å². The van der Waals surface area contributed by atoms with Crippen molar-refractivity contribution >= 4 is 5.91 Å². The summed E-state index contributed by atoms with van der Waals surface area (Å²) in [6.45, 7) is 7.42. The normalized spacial score (nSPS) is 14.4. The van der Waals surface area contributed by atoms with Gasteiger partial charge in [-0.2, -0.15) is 0 Å². The summed E-state index contributed by atoms with van der Waals surface area (Å²) in [7, 11) is 0. The molecule has 0 heterocycles. The molecule has 0 aromatic carbocycles. The first-order valence-electron chi connectivity index (χ1n) is 11.1. The third-order valence-electron chi connectivity index (χ3n) is 4.91.